The maximum Gasteiger partial charge on any atom is 0.332 e. The van der Waals surface area contributed by atoms with Crippen LogP contribution in [0.5, 0.6) is 0 Å². The van der Waals surface area contributed by atoms with Crippen LogP contribution in [0.4, 0.5) is 0 Å². The van der Waals surface area contributed by atoms with E-state index in [1.165, 1.54) is 24.8 Å². The van der Waals surface area contributed by atoms with Gasteiger partial charge < -0.3 is 8.85 Å². The molecule has 1 aliphatic carbocycles. The molecule has 0 heterocycles. The number of hydrogen-bond donors (Lipinski definition) is 0. The number of hydrogen-bond acceptors (Lipinski definition) is 2. The minimum atomic E-state index is -2.15. The van der Waals surface area contributed by atoms with Crippen molar-refractivity contribution in [3.05, 3.63) is 35.9 Å². The van der Waals surface area contributed by atoms with Crippen molar-refractivity contribution >= 4 is 8.56 Å². The Hall–Kier alpha value is -0.643. The van der Waals surface area contributed by atoms with E-state index in [0.717, 1.165) is 5.92 Å². The lowest BCUT2D eigenvalue weighted by Gasteiger charge is -2.41. The molecule has 1 fully saturated rings. The quantitative estimate of drug-likeness (QED) is 0.599. The number of benzene rings is 1. The van der Waals surface area contributed by atoms with Crippen LogP contribution in [0.1, 0.15) is 58.6 Å². The molecule has 0 saturated heterocycles. The molecule has 0 spiro atoms. The number of rotatable bonds is 6. The zero-order valence-electron chi connectivity index (χ0n) is 15.7. The first kappa shape index (κ1) is 18.7. The Kier molecular flexibility index (Phi) is 6.46. The van der Waals surface area contributed by atoms with Crippen LogP contribution in [0, 0.1) is 17.8 Å². The van der Waals surface area contributed by atoms with Crippen molar-refractivity contribution in [2.24, 2.45) is 17.8 Å². The first-order valence-corrected chi connectivity index (χ1v) is 12.0. The third-order valence-corrected chi connectivity index (χ3v) is 6.92. The van der Waals surface area contributed by atoms with Crippen LogP contribution in [-0.4, -0.2) is 14.7 Å². The second-order valence-electron chi connectivity index (χ2n) is 8.05. The van der Waals surface area contributed by atoms with Crippen LogP contribution in [0.15, 0.2) is 30.3 Å². The highest BCUT2D eigenvalue weighted by atomic mass is 28.4. The van der Waals surface area contributed by atoms with Crippen molar-refractivity contribution in [1.29, 1.82) is 0 Å². The van der Waals surface area contributed by atoms with E-state index in [2.05, 4.69) is 65.1 Å². The van der Waals surface area contributed by atoms with Crippen molar-refractivity contribution < 1.29 is 8.85 Å². The highest BCUT2D eigenvalue weighted by Crippen LogP contribution is 2.37. The Morgan fingerprint density at radius 3 is 2.30 bits per heavy atom. The summed E-state index contributed by atoms with van der Waals surface area (Å²) in [5.74, 6) is 2.13. The van der Waals surface area contributed by atoms with E-state index in [1.807, 2.05) is 6.07 Å². The molecule has 0 amide bonds. The first-order valence-electron chi connectivity index (χ1n) is 9.19. The molecular formula is C20H34O2Si. The Morgan fingerprint density at radius 1 is 1.04 bits per heavy atom. The normalized spacial score (nSPS) is 27.2. The summed E-state index contributed by atoms with van der Waals surface area (Å²) in [6.07, 6.45) is 4.27. The standard InChI is InChI=1S/C20H34O2Si/c1-15(2)19-13-12-16(3)14-20(19)22-23(5,6)21-17(4)18-10-8-7-9-11-18/h7-11,15-17,19-20H,12-14H2,1-6H3/t16-,17?,19+,20-/m1/s1. The topological polar surface area (TPSA) is 18.5 Å². The van der Waals surface area contributed by atoms with E-state index in [9.17, 15) is 0 Å². The molecule has 1 aromatic carbocycles. The zero-order valence-corrected chi connectivity index (χ0v) is 16.7. The molecule has 4 atom stereocenters. The molecule has 130 valence electrons. The fourth-order valence-corrected chi connectivity index (χ4v) is 5.90. The van der Waals surface area contributed by atoms with E-state index in [0.29, 0.717) is 17.9 Å². The molecule has 23 heavy (non-hydrogen) atoms. The lowest BCUT2D eigenvalue weighted by molar-refractivity contribution is 0.00730. The lowest BCUT2D eigenvalue weighted by atomic mass is 9.75. The maximum atomic E-state index is 6.63. The summed E-state index contributed by atoms with van der Waals surface area (Å²) >= 11 is 0. The van der Waals surface area contributed by atoms with Gasteiger partial charge in [0.15, 0.2) is 0 Å². The summed E-state index contributed by atoms with van der Waals surface area (Å²) < 4.78 is 13.0. The molecule has 2 nitrogen and oxygen atoms in total. The van der Waals surface area contributed by atoms with Gasteiger partial charge in [0, 0.05) is 0 Å². The molecule has 1 unspecified atom stereocenters. The van der Waals surface area contributed by atoms with Crippen LogP contribution in [0.25, 0.3) is 0 Å². The predicted octanol–water partition coefficient (Wildman–Crippen LogP) is 5.94. The molecule has 0 aliphatic heterocycles. The van der Waals surface area contributed by atoms with Gasteiger partial charge in [-0.3, -0.25) is 0 Å². The average molecular weight is 335 g/mol. The van der Waals surface area contributed by atoms with Crippen molar-refractivity contribution in [1.82, 2.24) is 0 Å². The minimum absolute atomic E-state index is 0.0939. The van der Waals surface area contributed by atoms with E-state index in [1.54, 1.807) is 0 Å². The Morgan fingerprint density at radius 2 is 1.70 bits per heavy atom. The largest absolute Gasteiger partial charge is 0.391 e. The smallest absolute Gasteiger partial charge is 0.332 e. The summed E-state index contributed by atoms with van der Waals surface area (Å²) in [5, 5.41) is 0. The zero-order chi connectivity index (χ0) is 17.0. The highest BCUT2D eigenvalue weighted by Gasteiger charge is 2.38. The third-order valence-electron chi connectivity index (χ3n) is 5.13. The molecule has 1 aliphatic rings. The van der Waals surface area contributed by atoms with Gasteiger partial charge >= 0.3 is 8.56 Å². The maximum absolute atomic E-state index is 6.63. The van der Waals surface area contributed by atoms with Gasteiger partial charge in [-0.25, -0.2) is 0 Å². The van der Waals surface area contributed by atoms with Gasteiger partial charge in [0.05, 0.1) is 12.2 Å². The van der Waals surface area contributed by atoms with Gasteiger partial charge in [-0.2, -0.15) is 0 Å². The Balaban J connectivity index is 2.00. The molecule has 2 rings (SSSR count). The monoisotopic (exact) mass is 334 g/mol. The first-order chi connectivity index (χ1) is 10.8. The SMILES string of the molecule is CC(O[Si](C)(C)O[C@@H]1C[C@H](C)CC[C@H]1C(C)C)c1ccccc1. The van der Waals surface area contributed by atoms with Gasteiger partial charge in [0.25, 0.3) is 0 Å². The Labute approximate surface area is 143 Å². The summed E-state index contributed by atoms with van der Waals surface area (Å²) in [5.41, 5.74) is 1.23. The van der Waals surface area contributed by atoms with Crippen molar-refractivity contribution in [2.45, 2.75) is 72.3 Å². The van der Waals surface area contributed by atoms with Crippen LogP contribution in [-0.2, 0) is 8.85 Å². The van der Waals surface area contributed by atoms with Gasteiger partial charge in [0.1, 0.15) is 0 Å². The highest BCUT2D eigenvalue weighted by molar-refractivity contribution is 6.64. The van der Waals surface area contributed by atoms with Crippen molar-refractivity contribution in [2.75, 3.05) is 0 Å². The summed E-state index contributed by atoms with van der Waals surface area (Å²) in [6, 6.07) is 10.5. The molecular weight excluding hydrogens is 300 g/mol. The molecule has 1 saturated carbocycles. The summed E-state index contributed by atoms with van der Waals surface area (Å²) in [7, 11) is -2.15. The van der Waals surface area contributed by atoms with E-state index in [4.69, 9.17) is 8.85 Å². The van der Waals surface area contributed by atoms with E-state index in [-0.39, 0.29) is 6.10 Å². The fourth-order valence-electron chi connectivity index (χ4n) is 3.86. The fraction of sp³-hybridized carbons (Fsp3) is 0.700. The minimum Gasteiger partial charge on any atom is -0.391 e. The van der Waals surface area contributed by atoms with Crippen LogP contribution in [0.2, 0.25) is 13.1 Å². The Bertz CT molecular complexity index is 472. The lowest BCUT2D eigenvalue weighted by Crippen LogP contribution is -2.45. The molecule has 0 radical (unpaired) electrons. The van der Waals surface area contributed by atoms with Gasteiger partial charge in [0.2, 0.25) is 0 Å². The predicted molar refractivity (Wildman–Crippen MR) is 99.6 cm³/mol. The van der Waals surface area contributed by atoms with Gasteiger partial charge in [-0.15, -0.1) is 0 Å². The molecule has 0 bridgehead atoms. The van der Waals surface area contributed by atoms with E-state index < -0.39 is 8.56 Å². The average Bonchev–Trinajstić information content (AvgIpc) is 2.46. The van der Waals surface area contributed by atoms with Gasteiger partial charge in [-0.1, -0.05) is 57.5 Å². The molecule has 3 heteroatoms. The molecule has 1 aromatic rings. The van der Waals surface area contributed by atoms with Crippen LogP contribution < -0.4 is 0 Å². The molecule has 0 N–H and O–H groups in total. The summed E-state index contributed by atoms with van der Waals surface area (Å²) in [6.45, 7) is 13.6. The van der Waals surface area contributed by atoms with Crippen LogP contribution in [0.3, 0.4) is 0 Å². The van der Waals surface area contributed by atoms with Crippen LogP contribution >= 0.6 is 0 Å². The van der Waals surface area contributed by atoms with Crippen molar-refractivity contribution in [3.63, 3.8) is 0 Å². The second kappa shape index (κ2) is 7.95. The van der Waals surface area contributed by atoms with Crippen molar-refractivity contribution in [3.8, 4) is 0 Å². The van der Waals surface area contributed by atoms with E-state index >= 15 is 0 Å². The molecule has 0 aromatic heterocycles. The second-order valence-corrected chi connectivity index (χ2v) is 11.3. The van der Waals surface area contributed by atoms with Gasteiger partial charge in [-0.05, 0) is 56.2 Å². The third kappa shape index (κ3) is 5.44. The summed E-state index contributed by atoms with van der Waals surface area (Å²) in [4.78, 5) is 0.